The predicted octanol–water partition coefficient (Wildman–Crippen LogP) is 0.656. The minimum Gasteiger partial charge on any atom is -0.464 e. The second kappa shape index (κ2) is 7.84. The van der Waals surface area contributed by atoms with Gasteiger partial charge in [-0.15, -0.1) is 0 Å². The summed E-state index contributed by atoms with van der Waals surface area (Å²) in [5.74, 6) is -1.51. The number of nitrogens with zero attached hydrogens (tertiary/aromatic N) is 2. The van der Waals surface area contributed by atoms with Gasteiger partial charge in [-0.3, -0.25) is 4.79 Å². The highest BCUT2D eigenvalue weighted by Crippen LogP contribution is 2.17. The van der Waals surface area contributed by atoms with Crippen molar-refractivity contribution in [3.63, 3.8) is 0 Å². The lowest BCUT2D eigenvalue weighted by atomic mass is 10.1. The number of sulfone groups is 1. The molecule has 0 saturated carbocycles. The van der Waals surface area contributed by atoms with Crippen LogP contribution in [0, 0.1) is 11.3 Å². The molecule has 1 aromatic heterocycles. The zero-order valence-electron chi connectivity index (χ0n) is 14.5. The fourth-order valence-corrected chi connectivity index (χ4v) is 2.80. The van der Waals surface area contributed by atoms with Gasteiger partial charge in [-0.05, 0) is 23.8 Å². The molecule has 9 nitrogen and oxygen atoms in total. The molecule has 0 atom stereocenters. The van der Waals surface area contributed by atoms with Crippen molar-refractivity contribution in [2.24, 2.45) is 0 Å². The lowest BCUT2D eigenvalue weighted by Gasteiger charge is -2.09. The number of ether oxygens (including phenoxy) is 1. The minimum atomic E-state index is -3.30. The van der Waals surface area contributed by atoms with E-state index in [1.165, 1.54) is 18.2 Å². The Morgan fingerprint density at radius 3 is 2.44 bits per heavy atom. The SMILES string of the molecule is COC(=O)c1nc(C(=O)NCc2ccc(S(C)(=O)=O)cc2)cc(N)c1C#N. The highest BCUT2D eigenvalue weighted by atomic mass is 32.2. The number of hydrogen-bond donors (Lipinski definition) is 2. The van der Waals surface area contributed by atoms with Crippen LogP contribution < -0.4 is 11.1 Å². The smallest absolute Gasteiger partial charge is 0.358 e. The first kappa shape index (κ1) is 19.9. The van der Waals surface area contributed by atoms with Crippen molar-refractivity contribution in [1.29, 1.82) is 5.26 Å². The van der Waals surface area contributed by atoms with Crippen LogP contribution in [0.1, 0.15) is 32.1 Å². The number of aromatic nitrogens is 1. The van der Waals surface area contributed by atoms with Gasteiger partial charge in [0.1, 0.15) is 17.3 Å². The van der Waals surface area contributed by atoms with E-state index in [1.54, 1.807) is 18.2 Å². The molecule has 0 fully saturated rings. The first-order valence-corrected chi connectivity index (χ1v) is 9.42. The number of anilines is 1. The maximum atomic E-state index is 12.3. The lowest BCUT2D eigenvalue weighted by molar-refractivity contribution is 0.0593. The Morgan fingerprint density at radius 2 is 1.93 bits per heavy atom. The van der Waals surface area contributed by atoms with Gasteiger partial charge in [-0.2, -0.15) is 5.26 Å². The summed E-state index contributed by atoms with van der Waals surface area (Å²) < 4.78 is 27.4. The van der Waals surface area contributed by atoms with Crippen molar-refractivity contribution in [3.05, 3.63) is 52.8 Å². The summed E-state index contributed by atoms with van der Waals surface area (Å²) >= 11 is 0. The number of carbonyl (C=O) groups excluding carboxylic acids is 2. The Bertz CT molecular complexity index is 1040. The van der Waals surface area contributed by atoms with Crippen LogP contribution in [0.2, 0.25) is 0 Å². The summed E-state index contributed by atoms with van der Waals surface area (Å²) in [5.41, 5.74) is 5.64. The monoisotopic (exact) mass is 388 g/mol. The molecule has 0 bridgehead atoms. The van der Waals surface area contributed by atoms with E-state index in [2.05, 4.69) is 15.0 Å². The Hall–Kier alpha value is -3.45. The van der Waals surface area contributed by atoms with Crippen molar-refractivity contribution in [2.45, 2.75) is 11.4 Å². The third-order valence-electron chi connectivity index (χ3n) is 3.58. The summed E-state index contributed by atoms with van der Waals surface area (Å²) in [6.45, 7) is 0.0953. The molecule has 2 aromatic rings. The number of nitrogens with two attached hydrogens (primary N) is 1. The van der Waals surface area contributed by atoms with E-state index in [0.29, 0.717) is 5.56 Å². The largest absolute Gasteiger partial charge is 0.464 e. The second-order valence-electron chi connectivity index (χ2n) is 5.52. The molecule has 0 saturated heterocycles. The third-order valence-corrected chi connectivity index (χ3v) is 4.71. The predicted molar refractivity (Wildman–Crippen MR) is 95.4 cm³/mol. The number of methoxy groups -OCH3 is 1. The number of benzene rings is 1. The van der Waals surface area contributed by atoms with E-state index in [-0.39, 0.29) is 34.1 Å². The summed E-state index contributed by atoms with van der Waals surface area (Å²) in [5, 5.41) is 11.7. The van der Waals surface area contributed by atoms with Gasteiger partial charge >= 0.3 is 5.97 Å². The number of esters is 1. The molecule has 3 N–H and O–H groups in total. The molecular weight excluding hydrogens is 372 g/mol. The second-order valence-corrected chi connectivity index (χ2v) is 7.54. The van der Waals surface area contributed by atoms with E-state index in [0.717, 1.165) is 13.4 Å². The molecule has 27 heavy (non-hydrogen) atoms. The number of pyridine rings is 1. The van der Waals surface area contributed by atoms with Crippen LogP contribution in [0.3, 0.4) is 0 Å². The topological polar surface area (TPSA) is 152 Å². The molecule has 140 valence electrons. The molecule has 0 aliphatic rings. The quantitative estimate of drug-likeness (QED) is 0.708. The van der Waals surface area contributed by atoms with Gasteiger partial charge < -0.3 is 15.8 Å². The van der Waals surface area contributed by atoms with Crippen LogP contribution in [0.4, 0.5) is 5.69 Å². The maximum absolute atomic E-state index is 12.3. The Balaban J connectivity index is 2.20. The fourth-order valence-electron chi connectivity index (χ4n) is 2.17. The molecule has 0 radical (unpaired) electrons. The van der Waals surface area contributed by atoms with Gasteiger partial charge in [0.25, 0.3) is 5.91 Å². The number of nitrogens with one attached hydrogen (secondary N) is 1. The van der Waals surface area contributed by atoms with E-state index < -0.39 is 21.7 Å². The molecule has 0 spiro atoms. The molecule has 0 unspecified atom stereocenters. The van der Waals surface area contributed by atoms with Crippen LogP contribution in [0.5, 0.6) is 0 Å². The van der Waals surface area contributed by atoms with Gasteiger partial charge in [0.15, 0.2) is 15.5 Å². The summed E-state index contributed by atoms with van der Waals surface area (Å²) in [4.78, 5) is 28.1. The molecule has 1 amide bonds. The Labute approximate surface area is 155 Å². The summed E-state index contributed by atoms with van der Waals surface area (Å²) in [7, 11) is -2.18. The molecule has 1 aromatic carbocycles. The van der Waals surface area contributed by atoms with Gasteiger partial charge in [0.05, 0.1) is 17.7 Å². The molecule has 10 heteroatoms. The van der Waals surface area contributed by atoms with E-state index in [1.807, 2.05) is 0 Å². The van der Waals surface area contributed by atoms with Gasteiger partial charge in [-0.1, -0.05) is 12.1 Å². The van der Waals surface area contributed by atoms with Crippen molar-refractivity contribution < 1.29 is 22.7 Å². The van der Waals surface area contributed by atoms with Crippen LogP contribution in [-0.4, -0.2) is 38.6 Å². The lowest BCUT2D eigenvalue weighted by Crippen LogP contribution is -2.25. The standard InChI is InChI=1S/C17H16N4O5S/c1-26-17(23)15-12(8-18)13(19)7-14(21-15)16(22)20-9-10-3-5-11(6-4-10)27(2,24)25/h3-7H,9H2,1-2H3,(H2,19,21)(H,20,22). The van der Waals surface area contributed by atoms with Crippen molar-refractivity contribution in [1.82, 2.24) is 10.3 Å². The molecular formula is C17H16N4O5S. The van der Waals surface area contributed by atoms with Crippen LogP contribution in [0.15, 0.2) is 35.2 Å². The highest BCUT2D eigenvalue weighted by Gasteiger charge is 2.20. The number of nitrogen functional groups attached to an aromatic ring is 1. The van der Waals surface area contributed by atoms with Gasteiger partial charge in [-0.25, -0.2) is 18.2 Å². The number of nitriles is 1. The maximum Gasteiger partial charge on any atom is 0.358 e. The number of amides is 1. The van der Waals surface area contributed by atoms with Crippen LogP contribution in [-0.2, 0) is 21.1 Å². The molecule has 0 aliphatic heterocycles. The zero-order valence-corrected chi connectivity index (χ0v) is 15.3. The van der Waals surface area contributed by atoms with Gasteiger partial charge in [0, 0.05) is 12.8 Å². The fraction of sp³-hybridized carbons (Fsp3) is 0.176. The van der Waals surface area contributed by atoms with E-state index >= 15 is 0 Å². The van der Waals surface area contributed by atoms with E-state index in [9.17, 15) is 18.0 Å². The zero-order chi connectivity index (χ0) is 20.2. The molecule has 2 rings (SSSR count). The minimum absolute atomic E-state index is 0.0736. The normalized spacial score (nSPS) is 10.7. The average Bonchev–Trinajstić information content (AvgIpc) is 2.64. The molecule has 0 aliphatic carbocycles. The number of rotatable bonds is 5. The Kier molecular flexibility index (Phi) is 5.77. The average molecular weight is 388 g/mol. The molecule has 1 heterocycles. The summed E-state index contributed by atoms with van der Waals surface area (Å²) in [6, 6.07) is 8.94. The first-order chi connectivity index (χ1) is 12.7. The van der Waals surface area contributed by atoms with E-state index in [4.69, 9.17) is 11.0 Å². The number of carbonyl (C=O) groups is 2. The van der Waals surface area contributed by atoms with Crippen LogP contribution in [0.25, 0.3) is 0 Å². The van der Waals surface area contributed by atoms with Crippen molar-refractivity contribution in [3.8, 4) is 6.07 Å². The highest BCUT2D eigenvalue weighted by molar-refractivity contribution is 7.90. The first-order valence-electron chi connectivity index (χ1n) is 7.53. The van der Waals surface area contributed by atoms with Crippen molar-refractivity contribution >= 4 is 27.4 Å². The van der Waals surface area contributed by atoms with Crippen LogP contribution >= 0.6 is 0 Å². The summed E-state index contributed by atoms with van der Waals surface area (Å²) in [6.07, 6.45) is 1.10. The van der Waals surface area contributed by atoms with Crippen molar-refractivity contribution in [2.75, 3.05) is 19.1 Å². The Morgan fingerprint density at radius 1 is 1.30 bits per heavy atom. The van der Waals surface area contributed by atoms with Gasteiger partial charge in [0.2, 0.25) is 0 Å². The third kappa shape index (κ3) is 4.59. The number of hydrogen-bond acceptors (Lipinski definition) is 8.